The summed E-state index contributed by atoms with van der Waals surface area (Å²) in [6, 6.07) is 9.38. The lowest BCUT2D eigenvalue weighted by Crippen LogP contribution is -2.37. The minimum atomic E-state index is -3.46. The fraction of sp³-hybridized carbons (Fsp3) is 0.611. The van der Waals surface area contributed by atoms with E-state index < -0.39 is 19.5 Å². The van der Waals surface area contributed by atoms with Crippen molar-refractivity contribution in [1.82, 2.24) is 5.32 Å². The second kappa shape index (κ2) is 11.3. The Hall–Kier alpha value is -1.36. The summed E-state index contributed by atoms with van der Waals surface area (Å²) in [6.07, 6.45) is 1.54. The molecule has 0 aromatic heterocycles. The van der Waals surface area contributed by atoms with Gasteiger partial charge in [-0.25, -0.2) is 4.79 Å². The summed E-state index contributed by atoms with van der Waals surface area (Å²) in [5.74, 6) is -0.532. The van der Waals surface area contributed by atoms with Crippen LogP contribution in [0.5, 0.6) is 0 Å². The van der Waals surface area contributed by atoms with Crippen molar-refractivity contribution in [1.29, 1.82) is 0 Å². The number of hydrogen-bond acceptors (Lipinski definition) is 5. The molecule has 0 saturated carbocycles. The van der Waals surface area contributed by atoms with Crippen LogP contribution in [0.1, 0.15) is 45.6 Å². The van der Waals surface area contributed by atoms with Crippen molar-refractivity contribution < 1.29 is 23.1 Å². The first-order chi connectivity index (χ1) is 11.9. The van der Waals surface area contributed by atoms with Crippen LogP contribution in [0.2, 0.25) is 0 Å². The molecule has 7 heteroatoms. The normalized spacial score (nSPS) is 14.8. The summed E-state index contributed by atoms with van der Waals surface area (Å²) < 4.78 is 28.9. The molecule has 142 valence electrons. The van der Waals surface area contributed by atoms with E-state index in [9.17, 15) is 9.36 Å². The molecule has 0 radical (unpaired) electrons. The highest BCUT2D eigenvalue weighted by Crippen LogP contribution is 2.53. The molecule has 0 bridgehead atoms. The molecule has 0 fully saturated rings. The molecule has 1 amide bonds. The van der Waals surface area contributed by atoms with Crippen LogP contribution in [0.3, 0.4) is 0 Å². The molecular weight excluding hydrogens is 341 g/mol. The number of alkyl carbamates (subject to hydrolysis) is 1. The minimum absolute atomic E-state index is 0.148. The van der Waals surface area contributed by atoms with E-state index in [-0.39, 0.29) is 12.5 Å². The first-order valence-electron chi connectivity index (χ1n) is 8.68. The molecule has 2 atom stereocenters. The van der Waals surface area contributed by atoms with Crippen molar-refractivity contribution >= 4 is 13.7 Å². The number of rotatable bonds is 11. The van der Waals surface area contributed by atoms with Gasteiger partial charge in [0.15, 0.2) is 0 Å². The standard InChI is InChI=1S/C18H30NO5P/c1-5-6-12-24-25(21,22-4)17(13-15(2)3)19-18(20)23-14-16-10-8-7-9-11-16/h7-11,15,17H,5-6,12-14H2,1-4H3,(H,19,20). The topological polar surface area (TPSA) is 73.9 Å². The maximum absolute atomic E-state index is 13.0. The zero-order chi connectivity index (χ0) is 18.7. The molecule has 0 spiro atoms. The predicted octanol–water partition coefficient (Wildman–Crippen LogP) is 4.94. The molecule has 6 nitrogen and oxygen atoms in total. The zero-order valence-corrected chi connectivity index (χ0v) is 16.5. The fourth-order valence-corrected chi connectivity index (χ4v) is 4.09. The maximum atomic E-state index is 13.0. The van der Waals surface area contributed by atoms with Crippen LogP contribution >= 0.6 is 7.60 Å². The molecule has 1 N–H and O–H groups in total. The van der Waals surface area contributed by atoms with Gasteiger partial charge in [0.2, 0.25) is 0 Å². The molecule has 0 saturated heterocycles. The number of amides is 1. The van der Waals surface area contributed by atoms with Crippen LogP contribution in [0, 0.1) is 5.92 Å². The molecule has 2 unspecified atom stereocenters. The lowest BCUT2D eigenvalue weighted by atomic mass is 10.1. The summed E-state index contributed by atoms with van der Waals surface area (Å²) in [5.41, 5.74) is 0.882. The molecule has 0 heterocycles. The Morgan fingerprint density at radius 1 is 1.24 bits per heavy atom. The molecule has 1 rings (SSSR count). The molecule has 1 aromatic carbocycles. The van der Waals surface area contributed by atoms with E-state index in [1.807, 2.05) is 51.1 Å². The van der Waals surface area contributed by atoms with Gasteiger partial charge in [0.25, 0.3) is 0 Å². The van der Waals surface area contributed by atoms with E-state index in [0.717, 1.165) is 18.4 Å². The van der Waals surface area contributed by atoms with Crippen LogP contribution in [0.4, 0.5) is 4.79 Å². The first kappa shape index (κ1) is 21.7. The average molecular weight is 371 g/mol. The van der Waals surface area contributed by atoms with Gasteiger partial charge in [0.1, 0.15) is 12.4 Å². The van der Waals surface area contributed by atoms with Crippen LogP contribution in [0.15, 0.2) is 30.3 Å². The van der Waals surface area contributed by atoms with Gasteiger partial charge in [-0.2, -0.15) is 0 Å². The lowest BCUT2D eigenvalue weighted by Gasteiger charge is -2.27. The van der Waals surface area contributed by atoms with E-state index in [0.29, 0.717) is 13.0 Å². The Labute approximate surface area is 150 Å². The highest BCUT2D eigenvalue weighted by Gasteiger charge is 2.37. The van der Waals surface area contributed by atoms with Crippen LogP contribution in [0.25, 0.3) is 0 Å². The van der Waals surface area contributed by atoms with E-state index in [1.165, 1.54) is 7.11 Å². The van der Waals surface area contributed by atoms with Crippen molar-refractivity contribution in [3.8, 4) is 0 Å². The second-order valence-electron chi connectivity index (χ2n) is 6.26. The van der Waals surface area contributed by atoms with Gasteiger partial charge in [-0.1, -0.05) is 57.5 Å². The summed E-state index contributed by atoms with van der Waals surface area (Å²) in [6.45, 7) is 6.46. The Morgan fingerprint density at radius 3 is 2.48 bits per heavy atom. The van der Waals surface area contributed by atoms with Crippen molar-refractivity contribution in [2.75, 3.05) is 13.7 Å². The second-order valence-corrected chi connectivity index (χ2v) is 8.59. The number of carbonyl (C=O) groups excluding carboxylic acids is 1. The molecule has 0 aliphatic carbocycles. The number of carbonyl (C=O) groups is 1. The molecular formula is C18H30NO5P. The van der Waals surface area contributed by atoms with Gasteiger partial charge < -0.3 is 19.1 Å². The van der Waals surface area contributed by atoms with Crippen molar-refractivity contribution in [3.63, 3.8) is 0 Å². The van der Waals surface area contributed by atoms with Crippen LogP contribution < -0.4 is 5.32 Å². The maximum Gasteiger partial charge on any atom is 0.408 e. The number of ether oxygens (including phenoxy) is 1. The highest BCUT2D eigenvalue weighted by atomic mass is 31.2. The van der Waals surface area contributed by atoms with Gasteiger partial charge in [0, 0.05) is 7.11 Å². The largest absolute Gasteiger partial charge is 0.445 e. The quantitative estimate of drug-likeness (QED) is 0.440. The van der Waals surface area contributed by atoms with E-state index in [4.69, 9.17) is 13.8 Å². The monoisotopic (exact) mass is 371 g/mol. The third-order valence-corrected chi connectivity index (χ3v) is 5.75. The van der Waals surface area contributed by atoms with Gasteiger partial charge in [-0.15, -0.1) is 0 Å². The van der Waals surface area contributed by atoms with Crippen LogP contribution in [-0.4, -0.2) is 25.6 Å². The van der Waals surface area contributed by atoms with E-state index in [1.54, 1.807) is 0 Å². The minimum Gasteiger partial charge on any atom is -0.445 e. The van der Waals surface area contributed by atoms with Crippen molar-refractivity contribution in [3.05, 3.63) is 35.9 Å². The first-order valence-corrected chi connectivity index (χ1v) is 10.3. The Kier molecular flexibility index (Phi) is 9.79. The van der Waals surface area contributed by atoms with E-state index in [2.05, 4.69) is 5.32 Å². The molecule has 1 aromatic rings. The molecule has 25 heavy (non-hydrogen) atoms. The van der Waals surface area contributed by atoms with E-state index >= 15 is 0 Å². The van der Waals surface area contributed by atoms with Crippen molar-refractivity contribution in [2.45, 2.75) is 52.4 Å². The Balaban J connectivity index is 2.69. The Bertz CT molecular complexity index is 550. The average Bonchev–Trinajstić information content (AvgIpc) is 2.60. The highest BCUT2D eigenvalue weighted by molar-refractivity contribution is 7.54. The van der Waals surface area contributed by atoms with Gasteiger partial charge in [0.05, 0.1) is 6.61 Å². The van der Waals surface area contributed by atoms with Crippen molar-refractivity contribution in [2.24, 2.45) is 5.92 Å². The third kappa shape index (κ3) is 8.04. The fourth-order valence-electron chi connectivity index (χ4n) is 2.22. The summed E-state index contributed by atoms with van der Waals surface area (Å²) in [4.78, 5) is 12.1. The molecule has 0 aliphatic rings. The summed E-state index contributed by atoms with van der Waals surface area (Å²) in [7, 11) is -2.11. The number of nitrogens with one attached hydrogen (secondary N) is 1. The molecule has 0 aliphatic heterocycles. The van der Waals surface area contributed by atoms with Gasteiger partial charge in [-0.3, -0.25) is 4.57 Å². The Morgan fingerprint density at radius 2 is 1.92 bits per heavy atom. The number of hydrogen-bond donors (Lipinski definition) is 1. The summed E-state index contributed by atoms with van der Waals surface area (Å²) in [5, 5.41) is 2.66. The predicted molar refractivity (Wildman–Crippen MR) is 98.5 cm³/mol. The smallest absolute Gasteiger partial charge is 0.408 e. The zero-order valence-electron chi connectivity index (χ0n) is 15.6. The number of benzene rings is 1. The van der Waals surface area contributed by atoms with Gasteiger partial charge in [-0.05, 0) is 24.3 Å². The lowest BCUT2D eigenvalue weighted by molar-refractivity contribution is 0.134. The van der Waals surface area contributed by atoms with Gasteiger partial charge >= 0.3 is 13.7 Å². The van der Waals surface area contributed by atoms with Crippen LogP contribution in [-0.2, 0) is 25.0 Å². The summed E-state index contributed by atoms with van der Waals surface area (Å²) >= 11 is 0. The number of unbranched alkanes of at least 4 members (excludes halogenated alkanes) is 1. The SMILES string of the molecule is CCCCOP(=O)(OC)C(CC(C)C)NC(=O)OCc1ccccc1. The third-order valence-electron chi connectivity index (χ3n) is 3.60.